The van der Waals surface area contributed by atoms with Crippen LogP contribution in [0, 0.1) is 11.8 Å². The van der Waals surface area contributed by atoms with Crippen molar-refractivity contribution in [1.29, 1.82) is 0 Å². The maximum absolute atomic E-state index is 12.5. The van der Waals surface area contributed by atoms with Gasteiger partial charge in [0.15, 0.2) is 0 Å². The van der Waals surface area contributed by atoms with Gasteiger partial charge in [0.2, 0.25) is 0 Å². The average Bonchev–Trinajstić information content (AvgIpc) is 2.62. The SMILES string of the molecule is CCCCCOC(=O)C(CC(C)C)N(C)C(=O)OCC(CC)CCCC. The third-order valence-corrected chi connectivity index (χ3v) is 4.70. The molecule has 0 N–H and O–H groups in total. The molecule has 0 aromatic carbocycles. The lowest BCUT2D eigenvalue weighted by molar-refractivity contribution is -0.149. The van der Waals surface area contributed by atoms with E-state index in [1.54, 1.807) is 7.05 Å². The molecule has 2 atom stereocenters. The molecule has 0 heterocycles. The Balaban J connectivity index is 4.65. The van der Waals surface area contributed by atoms with Crippen LogP contribution in [0.1, 0.15) is 86.0 Å². The van der Waals surface area contributed by atoms with Crippen molar-refractivity contribution in [2.24, 2.45) is 11.8 Å². The Hall–Kier alpha value is -1.26. The molecule has 0 aromatic rings. The summed E-state index contributed by atoms with van der Waals surface area (Å²) in [5, 5.41) is 0. The lowest BCUT2D eigenvalue weighted by atomic mass is 10.0. The molecular weight excluding hydrogens is 330 g/mol. The van der Waals surface area contributed by atoms with Gasteiger partial charge >= 0.3 is 12.1 Å². The van der Waals surface area contributed by atoms with E-state index in [0.29, 0.717) is 25.6 Å². The summed E-state index contributed by atoms with van der Waals surface area (Å²) in [7, 11) is 1.63. The van der Waals surface area contributed by atoms with E-state index in [2.05, 4.69) is 20.8 Å². The minimum Gasteiger partial charge on any atom is -0.464 e. The van der Waals surface area contributed by atoms with Gasteiger partial charge < -0.3 is 9.47 Å². The molecule has 0 aliphatic heterocycles. The molecule has 154 valence electrons. The first-order valence-electron chi connectivity index (χ1n) is 10.4. The zero-order valence-electron chi connectivity index (χ0n) is 17.9. The van der Waals surface area contributed by atoms with Gasteiger partial charge in [0.25, 0.3) is 0 Å². The first-order valence-corrected chi connectivity index (χ1v) is 10.4. The Morgan fingerprint density at radius 2 is 1.62 bits per heavy atom. The summed E-state index contributed by atoms with van der Waals surface area (Å²) in [5.74, 6) is 0.343. The number of nitrogens with zero attached hydrogens (tertiary/aromatic N) is 1. The normalized spacial score (nSPS) is 13.3. The number of hydrogen-bond acceptors (Lipinski definition) is 4. The summed E-state index contributed by atoms with van der Waals surface area (Å²) in [6, 6.07) is -0.583. The maximum Gasteiger partial charge on any atom is 0.410 e. The van der Waals surface area contributed by atoms with Crippen LogP contribution in [0.3, 0.4) is 0 Å². The number of ether oxygens (including phenoxy) is 2. The molecule has 2 unspecified atom stereocenters. The standard InChI is InChI=1S/C21H41NO4/c1-7-10-12-14-25-20(23)19(15-17(4)5)22(6)21(24)26-16-18(9-3)13-11-8-2/h17-19H,7-16H2,1-6H3. The first-order chi connectivity index (χ1) is 12.4. The van der Waals surface area contributed by atoms with Crippen molar-refractivity contribution in [2.75, 3.05) is 20.3 Å². The molecule has 5 nitrogen and oxygen atoms in total. The van der Waals surface area contributed by atoms with Gasteiger partial charge in [-0.2, -0.15) is 0 Å². The number of carbonyl (C=O) groups excluding carboxylic acids is 2. The van der Waals surface area contributed by atoms with Crippen LogP contribution in [0.15, 0.2) is 0 Å². The summed E-state index contributed by atoms with van der Waals surface area (Å²) in [6.45, 7) is 11.3. The van der Waals surface area contributed by atoms with Crippen LogP contribution in [-0.4, -0.2) is 43.3 Å². The van der Waals surface area contributed by atoms with Crippen LogP contribution in [-0.2, 0) is 14.3 Å². The lowest BCUT2D eigenvalue weighted by Gasteiger charge is -2.28. The fraction of sp³-hybridized carbons (Fsp3) is 0.905. The Bertz CT molecular complexity index is 384. The number of likely N-dealkylation sites (N-methyl/N-ethyl adjacent to an activating group) is 1. The number of unbranched alkanes of at least 4 members (excludes halogenated alkanes) is 3. The molecule has 0 aliphatic rings. The highest BCUT2D eigenvalue weighted by molar-refractivity contribution is 5.81. The second-order valence-corrected chi connectivity index (χ2v) is 7.62. The van der Waals surface area contributed by atoms with Gasteiger partial charge in [0, 0.05) is 7.05 Å². The molecule has 5 heteroatoms. The van der Waals surface area contributed by atoms with Crippen LogP contribution < -0.4 is 0 Å². The number of hydrogen-bond donors (Lipinski definition) is 0. The van der Waals surface area contributed by atoms with E-state index in [1.807, 2.05) is 13.8 Å². The van der Waals surface area contributed by atoms with E-state index in [0.717, 1.165) is 44.9 Å². The zero-order valence-corrected chi connectivity index (χ0v) is 17.9. The van der Waals surface area contributed by atoms with E-state index < -0.39 is 12.1 Å². The van der Waals surface area contributed by atoms with Gasteiger partial charge in [-0.25, -0.2) is 9.59 Å². The van der Waals surface area contributed by atoms with Crippen LogP contribution >= 0.6 is 0 Å². The van der Waals surface area contributed by atoms with Crippen molar-refractivity contribution in [2.45, 2.75) is 92.0 Å². The monoisotopic (exact) mass is 371 g/mol. The van der Waals surface area contributed by atoms with Crippen LogP contribution in [0.4, 0.5) is 4.79 Å². The molecule has 0 saturated heterocycles. The molecule has 0 bridgehead atoms. The quantitative estimate of drug-likeness (QED) is 0.302. The Morgan fingerprint density at radius 3 is 2.15 bits per heavy atom. The minimum absolute atomic E-state index is 0.284. The van der Waals surface area contributed by atoms with Crippen molar-refractivity contribution in [1.82, 2.24) is 4.90 Å². The van der Waals surface area contributed by atoms with E-state index in [4.69, 9.17) is 9.47 Å². The fourth-order valence-corrected chi connectivity index (χ4v) is 2.80. The van der Waals surface area contributed by atoms with E-state index >= 15 is 0 Å². The number of esters is 1. The van der Waals surface area contributed by atoms with Crippen molar-refractivity contribution in [3.05, 3.63) is 0 Å². The highest BCUT2D eigenvalue weighted by atomic mass is 16.6. The van der Waals surface area contributed by atoms with Crippen LogP contribution in [0.2, 0.25) is 0 Å². The third-order valence-electron chi connectivity index (χ3n) is 4.70. The summed E-state index contributed by atoms with van der Waals surface area (Å²) < 4.78 is 10.9. The molecular formula is C21H41NO4. The van der Waals surface area contributed by atoms with Crippen molar-refractivity contribution in [3.8, 4) is 0 Å². The maximum atomic E-state index is 12.5. The van der Waals surface area contributed by atoms with Gasteiger partial charge in [-0.05, 0) is 31.1 Å². The molecule has 1 amide bonds. The Morgan fingerprint density at radius 1 is 0.962 bits per heavy atom. The Kier molecular flexibility index (Phi) is 14.1. The number of amides is 1. The summed E-state index contributed by atoms with van der Waals surface area (Å²) >= 11 is 0. The molecule has 26 heavy (non-hydrogen) atoms. The molecule has 0 rings (SSSR count). The van der Waals surface area contributed by atoms with Gasteiger partial charge in [-0.1, -0.05) is 66.7 Å². The van der Waals surface area contributed by atoms with Gasteiger partial charge in [-0.3, -0.25) is 4.90 Å². The van der Waals surface area contributed by atoms with E-state index in [9.17, 15) is 9.59 Å². The fourth-order valence-electron chi connectivity index (χ4n) is 2.80. The van der Waals surface area contributed by atoms with Crippen molar-refractivity contribution >= 4 is 12.1 Å². The molecule has 0 fully saturated rings. The van der Waals surface area contributed by atoms with Crippen LogP contribution in [0.5, 0.6) is 0 Å². The highest BCUT2D eigenvalue weighted by Crippen LogP contribution is 2.16. The molecule has 0 radical (unpaired) electrons. The van der Waals surface area contributed by atoms with Gasteiger partial charge in [-0.15, -0.1) is 0 Å². The second-order valence-electron chi connectivity index (χ2n) is 7.62. The zero-order chi connectivity index (χ0) is 19.9. The second kappa shape index (κ2) is 14.9. The smallest absolute Gasteiger partial charge is 0.410 e. The molecule has 0 aliphatic carbocycles. The predicted molar refractivity (Wildman–Crippen MR) is 106 cm³/mol. The summed E-state index contributed by atoms with van der Waals surface area (Å²) in [5.41, 5.74) is 0. The number of rotatable bonds is 14. The van der Waals surface area contributed by atoms with Crippen LogP contribution in [0.25, 0.3) is 0 Å². The minimum atomic E-state index is -0.583. The van der Waals surface area contributed by atoms with Crippen molar-refractivity contribution in [3.63, 3.8) is 0 Å². The average molecular weight is 372 g/mol. The lowest BCUT2D eigenvalue weighted by Crippen LogP contribution is -2.44. The van der Waals surface area contributed by atoms with Gasteiger partial charge in [0.05, 0.1) is 13.2 Å². The van der Waals surface area contributed by atoms with Crippen molar-refractivity contribution < 1.29 is 19.1 Å². The van der Waals surface area contributed by atoms with E-state index in [1.165, 1.54) is 4.90 Å². The van der Waals surface area contributed by atoms with Gasteiger partial charge in [0.1, 0.15) is 6.04 Å². The number of carbonyl (C=O) groups is 2. The summed E-state index contributed by atoms with van der Waals surface area (Å²) in [4.78, 5) is 26.3. The topological polar surface area (TPSA) is 55.8 Å². The first kappa shape index (κ1) is 24.7. The largest absolute Gasteiger partial charge is 0.464 e. The van der Waals surface area contributed by atoms with E-state index in [-0.39, 0.29) is 11.9 Å². The summed E-state index contributed by atoms with van der Waals surface area (Å²) in [6.07, 6.45) is 7.47. The third kappa shape index (κ3) is 10.7. The Labute approximate surface area is 160 Å². The highest BCUT2D eigenvalue weighted by Gasteiger charge is 2.30. The molecule has 0 saturated carbocycles. The predicted octanol–water partition coefficient (Wildman–Crippen LogP) is 5.42. The molecule has 0 spiro atoms. The molecule has 0 aromatic heterocycles.